The molecule has 0 saturated heterocycles. The Morgan fingerprint density at radius 3 is 2.10 bits per heavy atom. The summed E-state index contributed by atoms with van der Waals surface area (Å²) in [7, 11) is 0. The zero-order valence-corrected chi connectivity index (χ0v) is 7.05. The molecular formula is C7H16BO2. The zero-order chi connectivity index (χ0) is 7.33. The van der Waals surface area contributed by atoms with E-state index in [0.29, 0.717) is 13.2 Å². The van der Waals surface area contributed by atoms with Gasteiger partial charge in [-0.15, -0.1) is 0 Å². The van der Waals surface area contributed by atoms with Crippen molar-refractivity contribution >= 4 is 8.41 Å². The van der Waals surface area contributed by atoms with Crippen LogP contribution in [0.5, 0.6) is 0 Å². The molecule has 0 aromatic heterocycles. The van der Waals surface area contributed by atoms with Crippen LogP contribution >= 0.6 is 0 Å². The second-order valence-electron chi connectivity index (χ2n) is 3.34. The third kappa shape index (κ3) is 10.9. The molecule has 0 aliphatic carbocycles. The Balaban J connectivity index is 0. The molecule has 0 aromatic rings. The fourth-order valence-electron chi connectivity index (χ4n) is 0.443. The molecule has 0 bridgehead atoms. The summed E-state index contributed by atoms with van der Waals surface area (Å²) in [6.07, 6.45) is 0. The third-order valence-electron chi connectivity index (χ3n) is 0.771. The third-order valence-corrected chi connectivity index (χ3v) is 0.771. The summed E-state index contributed by atoms with van der Waals surface area (Å²) in [5.41, 5.74) is 0.217. The van der Waals surface area contributed by atoms with Crippen LogP contribution in [0.2, 0.25) is 0 Å². The lowest BCUT2D eigenvalue weighted by molar-refractivity contribution is 0.0464. The van der Waals surface area contributed by atoms with Crippen molar-refractivity contribution in [3.63, 3.8) is 0 Å². The Bertz CT molecular complexity index is 68.5. The van der Waals surface area contributed by atoms with Gasteiger partial charge in [0.15, 0.2) is 0 Å². The molecule has 0 heterocycles. The first-order chi connectivity index (χ1) is 4.06. The van der Waals surface area contributed by atoms with E-state index in [2.05, 4.69) is 20.8 Å². The summed E-state index contributed by atoms with van der Waals surface area (Å²) in [6.45, 7) is 7.60. The van der Waals surface area contributed by atoms with Gasteiger partial charge in [0.1, 0.15) is 0 Å². The number of rotatable bonds is 3. The molecule has 3 radical (unpaired) electrons. The first-order valence-corrected chi connectivity index (χ1v) is 3.25. The van der Waals surface area contributed by atoms with Crippen molar-refractivity contribution in [2.75, 3.05) is 19.8 Å². The smallest absolute Gasteiger partial charge is 0.0697 e. The predicted molar refractivity (Wildman–Crippen MR) is 43.1 cm³/mol. The molecule has 0 aliphatic heterocycles. The van der Waals surface area contributed by atoms with Gasteiger partial charge in [-0.05, 0) is 5.41 Å². The minimum absolute atomic E-state index is 0. The maximum atomic E-state index is 8.34. The highest BCUT2D eigenvalue weighted by molar-refractivity contribution is 5.75. The van der Waals surface area contributed by atoms with Crippen molar-refractivity contribution in [3.8, 4) is 0 Å². The normalized spacial score (nSPS) is 10.8. The summed E-state index contributed by atoms with van der Waals surface area (Å²) < 4.78 is 5.10. The van der Waals surface area contributed by atoms with Gasteiger partial charge in [0.2, 0.25) is 0 Å². The van der Waals surface area contributed by atoms with Crippen LogP contribution in [-0.2, 0) is 4.74 Å². The number of hydrogen-bond acceptors (Lipinski definition) is 2. The fraction of sp³-hybridized carbons (Fsp3) is 1.00. The Hall–Kier alpha value is -0.0151. The molecule has 0 fully saturated rings. The highest BCUT2D eigenvalue weighted by Crippen LogP contribution is 2.12. The summed E-state index contributed by atoms with van der Waals surface area (Å²) in [5, 5.41) is 8.34. The van der Waals surface area contributed by atoms with E-state index in [4.69, 9.17) is 9.84 Å². The summed E-state index contributed by atoms with van der Waals surface area (Å²) >= 11 is 0. The van der Waals surface area contributed by atoms with Crippen molar-refractivity contribution in [1.29, 1.82) is 0 Å². The molecule has 0 amide bonds. The van der Waals surface area contributed by atoms with Gasteiger partial charge >= 0.3 is 0 Å². The maximum Gasteiger partial charge on any atom is 0.0697 e. The molecule has 2 nitrogen and oxygen atoms in total. The Kier molecular flexibility index (Phi) is 7.26. The van der Waals surface area contributed by atoms with Gasteiger partial charge in [-0.3, -0.25) is 0 Å². The van der Waals surface area contributed by atoms with Crippen LogP contribution in [0.3, 0.4) is 0 Å². The Morgan fingerprint density at radius 1 is 1.30 bits per heavy atom. The molecule has 0 atom stereocenters. The molecule has 1 N–H and O–H groups in total. The SMILES string of the molecule is CC(C)(C)COCCO.[B]. The second-order valence-corrected chi connectivity index (χ2v) is 3.34. The van der Waals surface area contributed by atoms with Gasteiger partial charge in [0.05, 0.1) is 19.8 Å². The quantitative estimate of drug-likeness (QED) is 0.464. The van der Waals surface area contributed by atoms with E-state index >= 15 is 0 Å². The average molecular weight is 143 g/mol. The number of hydrogen-bond donors (Lipinski definition) is 1. The van der Waals surface area contributed by atoms with E-state index in [1.165, 1.54) is 0 Å². The van der Waals surface area contributed by atoms with Crippen LogP contribution in [0, 0.1) is 5.41 Å². The summed E-state index contributed by atoms with van der Waals surface area (Å²) in [5.74, 6) is 0. The summed E-state index contributed by atoms with van der Waals surface area (Å²) in [4.78, 5) is 0. The Labute approximate surface area is 65.2 Å². The van der Waals surface area contributed by atoms with Crippen LogP contribution in [-0.4, -0.2) is 33.3 Å². The average Bonchev–Trinajstić information content (AvgIpc) is 1.63. The lowest BCUT2D eigenvalue weighted by Crippen LogP contribution is -2.15. The van der Waals surface area contributed by atoms with E-state index in [1.54, 1.807) is 0 Å². The van der Waals surface area contributed by atoms with E-state index in [1.807, 2.05) is 0 Å². The molecule has 3 heteroatoms. The van der Waals surface area contributed by atoms with Crippen LogP contribution in [0.15, 0.2) is 0 Å². The Morgan fingerprint density at radius 2 is 1.80 bits per heavy atom. The zero-order valence-electron chi connectivity index (χ0n) is 7.05. The van der Waals surface area contributed by atoms with E-state index in [-0.39, 0.29) is 20.4 Å². The lowest BCUT2D eigenvalue weighted by atomic mass is 9.99. The summed E-state index contributed by atoms with van der Waals surface area (Å²) in [6, 6.07) is 0. The van der Waals surface area contributed by atoms with Crippen LogP contribution in [0.4, 0.5) is 0 Å². The van der Waals surface area contributed by atoms with Crippen LogP contribution in [0.1, 0.15) is 20.8 Å². The lowest BCUT2D eigenvalue weighted by Gasteiger charge is -2.17. The number of aliphatic hydroxyl groups excluding tert-OH is 1. The van der Waals surface area contributed by atoms with Gasteiger partial charge in [-0.25, -0.2) is 0 Å². The molecule has 59 valence electrons. The van der Waals surface area contributed by atoms with E-state index < -0.39 is 0 Å². The van der Waals surface area contributed by atoms with Gasteiger partial charge < -0.3 is 9.84 Å². The second kappa shape index (κ2) is 5.75. The van der Waals surface area contributed by atoms with Gasteiger partial charge in [0, 0.05) is 8.41 Å². The maximum absolute atomic E-state index is 8.34. The molecule has 0 saturated carbocycles. The standard InChI is InChI=1S/C7H16O2.B/c1-7(2,3)6-9-5-4-8;/h8H,4-6H2,1-3H3;. The van der Waals surface area contributed by atoms with Crippen LogP contribution < -0.4 is 0 Å². The monoisotopic (exact) mass is 143 g/mol. The highest BCUT2D eigenvalue weighted by atomic mass is 16.5. The number of ether oxygens (including phenoxy) is 1. The molecular weight excluding hydrogens is 127 g/mol. The fourth-order valence-corrected chi connectivity index (χ4v) is 0.443. The molecule has 0 rings (SSSR count). The van der Waals surface area contributed by atoms with Crippen LogP contribution in [0.25, 0.3) is 0 Å². The highest BCUT2D eigenvalue weighted by Gasteiger charge is 2.08. The van der Waals surface area contributed by atoms with Crippen molar-refractivity contribution < 1.29 is 9.84 Å². The van der Waals surface area contributed by atoms with Gasteiger partial charge in [-0.1, -0.05) is 20.8 Å². The molecule has 0 aliphatic rings. The molecule has 0 aromatic carbocycles. The largest absolute Gasteiger partial charge is 0.394 e. The van der Waals surface area contributed by atoms with E-state index in [0.717, 1.165) is 0 Å². The minimum atomic E-state index is 0. The topological polar surface area (TPSA) is 29.5 Å². The van der Waals surface area contributed by atoms with E-state index in [9.17, 15) is 0 Å². The van der Waals surface area contributed by atoms with Crippen molar-refractivity contribution in [3.05, 3.63) is 0 Å². The first kappa shape index (κ1) is 12.6. The van der Waals surface area contributed by atoms with Crippen molar-refractivity contribution in [1.82, 2.24) is 0 Å². The first-order valence-electron chi connectivity index (χ1n) is 3.25. The predicted octanol–water partition coefficient (Wildman–Crippen LogP) is 0.661. The minimum Gasteiger partial charge on any atom is -0.394 e. The van der Waals surface area contributed by atoms with Crippen molar-refractivity contribution in [2.45, 2.75) is 20.8 Å². The molecule has 0 unspecified atom stereocenters. The number of aliphatic hydroxyl groups is 1. The molecule has 0 spiro atoms. The molecule has 10 heavy (non-hydrogen) atoms. The van der Waals surface area contributed by atoms with Gasteiger partial charge in [-0.2, -0.15) is 0 Å². The van der Waals surface area contributed by atoms with Crippen molar-refractivity contribution in [2.24, 2.45) is 5.41 Å². The van der Waals surface area contributed by atoms with Gasteiger partial charge in [0.25, 0.3) is 0 Å².